The van der Waals surface area contributed by atoms with Gasteiger partial charge in [-0.3, -0.25) is 9.79 Å². The molecule has 0 aliphatic heterocycles. The predicted octanol–water partition coefficient (Wildman–Crippen LogP) is 3.29. The zero-order valence-electron chi connectivity index (χ0n) is 9.30. The van der Waals surface area contributed by atoms with Crippen LogP contribution in [0.1, 0.15) is 10.5 Å². The van der Waals surface area contributed by atoms with E-state index in [-0.39, 0.29) is 11.5 Å². The van der Waals surface area contributed by atoms with Crippen molar-refractivity contribution in [3.8, 4) is 11.3 Å². The van der Waals surface area contributed by atoms with E-state index >= 15 is 0 Å². The van der Waals surface area contributed by atoms with Gasteiger partial charge >= 0.3 is 0 Å². The summed E-state index contributed by atoms with van der Waals surface area (Å²) in [5, 5.41) is -0.485. The molecule has 0 aliphatic carbocycles. The van der Waals surface area contributed by atoms with Gasteiger partial charge in [-0.1, -0.05) is 12.6 Å². The van der Waals surface area contributed by atoms with Crippen molar-refractivity contribution in [2.75, 3.05) is 0 Å². The highest BCUT2D eigenvalue weighted by Gasteiger charge is 2.11. The van der Waals surface area contributed by atoms with Gasteiger partial charge in [-0.2, -0.15) is 0 Å². The van der Waals surface area contributed by atoms with Gasteiger partial charge in [-0.15, -0.1) is 0 Å². The van der Waals surface area contributed by atoms with Gasteiger partial charge in [0.2, 0.25) is 5.12 Å². The number of benzene rings is 1. The lowest BCUT2D eigenvalue weighted by Gasteiger charge is -2.05. The van der Waals surface area contributed by atoms with Crippen molar-refractivity contribution in [1.29, 1.82) is 0 Å². The van der Waals surface area contributed by atoms with Crippen LogP contribution in [-0.2, 0) is 0 Å². The van der Waals surface area contributed by atoms with Gasteiger partial charge in [-0.25, -0.2) is 9.37 Å². The monoisotopic (exact) mass is 260 g/mol. The molecule has 18 heavy (non-hydrogen) atoms. The van der Waals surface area contributed by atoms with E-state index in [9.17, 15) is 9.18 Å². The fourth-order valence-corrected chi connectivity index (χ4v) is 1.68. The molecule has 0 amide bonds. The molecule has 5 heteroatoms. The predicted molar refractivity (Wildman–Crippen MR) is 72.2 cm³/mol. The number of aromatic nitrogens is 1. The van der Waals surface area contributed by atoms with Gasteiger partial charge in [-0.05, 0) is 43.1 Å². The van der Waals surface area contributed by atoms with Crippen LogP contribution in [0.4, 0.5) is 10.1 Å². The summed E-state index contributed by atoms with van der Waals surface area (Å²) in [7, 11) is 0. The van der Waals surface area contributed by atoms with Crippen LogP contribution in [0.15, 0.2) is 41.4 Å². The van der Waals surface area contributed by atoms with E-state index in [4.69, 9.17) is 0 Å². The maximum atomic E-state index is 12.8. The van der Waals surface area contributed by atoms with Crippen molar-refractivity contribution in [2.24, 2.45) is 4.99 Å². The smallest absolute Gasteiger partial charge is 0.236 e. The SMILES string of the molecule is C=Nc1ccc(-c2ccc(F)cc2)nc1C(=O)S. The number of thiol groups is 1. The quantitative estimate of drug-likeness (QED) is 0.679. The molecule has 0 aliphatic rings. The van der Waals surface area contributed by atoms with E-state index in [0.717, 1.165) is 0 Å². The summed E-state index contributed by atoms with van der Waals surface area (Å²) in [6.45, 7) is 3.36. The summed E-state index contributed by atoms with van der Waals surface area (Å²) >= 11 is 3.74. The van der Waals surface area contributed by atoms with Crippen LogP contribution >= 0.6 is 12.6 Å². The second kappa shape index (κ2) is 5.10. The van der Waals surface area contributed by atoms with Crippen LogP contribution in [0.2, 0.25) is 0 Å². The molecule has 0 radical (unpaired) electrons. The van der Waals surface area contributed by atoms with Crippen LogP contribution in [0.3, 0.4) is 0 Å². The number of pyridine rings is 1. The first-order chi connectivity index (χ1) is 8.61. The Labute approximate surface area is 109 Å². The van der Waals surface area contributed by atoms with Gasteiger partial charge in [0.25, 0.3) is 0 Å². The molecule has 1 aromatic heterocycles. The molecule has 3 nitrogen and oxygen atoms in total. The minimum absolute atomic E-state index is 0.134. The second-order valence-electron chi connectivity index (χ2n) is 3.53. The highest BCUT2D eigenvalue weighted by molar-refractivity contribution is 7.97. The third kappa shape index (κ3) is 2.46. The average molecular weight is 260 g/mol. The molecular formula is C13H9FN2OS. The zero-order chi connectivity index (χ0) is 13.1. The molecular weight excluding hydrogens is 251 g/mol. The maximum absolute atomic E-state index is 12.8. The molecule has 0 unspecified atom stereocenters. The number of hydrogen-bond donors (Lipinski definition) is 1. The van der Waals surface area contributed by atoms with Crippen molar-refractivity contribution in [3.05, 3.63) is 47.9 Å². The Kier molecular flexibility index (Phi) is 3.53. The zero-order valence-corrected chi connectivity index (χ0v) is 10.2. The summed E-state index contributed by atoms with van der Waals surface area (Å²) < 4.78 is 12.8. The van der Waals surface area contributed by atoms with Crippen LogP contribution in [0.25, 0.3) is 11.3 Å². The molecule has 0 saturated carbocycles. The molecule has 0 bridgehead atoms. The molecule has 2 rings (SSSR count). The third-order valence-electron chi connectivity index (χ3n) is 2.39. The maximum Gasteiger partial charge on any atom is 0.236 e. The molecule has 0 N–H and O–H groups in total. The van der Waals surface area contributed by atoms with Gasteiger partial charge in [0, 0.05) is 5.56 Å². The first kappa shape index (κ1) is 12.4. The summed E-state index contributed by atoms with van der Waals surface area (Å²) in [6.07, 6.45) is 0. The fourth-order valence-electron chi connectivity index (χ4n) is 1.52. The van der Waals surface area contributed by atoms with Crippen LogP contribution in [0.5, 0.6) is 0 Å². The summed E-state index contributed by atoms with van der Waals surface area (Å²) in [4.78, 5) is 19.2. The Hall–Kier alpha value is -2.01. The summed E-state index contributed by atoms with van der Waals surface area (Å²) in [6, 6.07) is 9.16. The lowest BCUT2D eigenvalue weighted by Crippen LogP contribution is -1.96. The molecule has 0 saturated heterocycles. The highest BCUT2D eigenvalue weighted by Crippen LogP contribution is 2.24. The Balaban J connectivity index is 2.53. The van der Waals surface area contributed by atoms with Crippen molar-refractivity contribution in [1.82, 2.24) is 4.98 Å². The Morgan fingerprint density at radius 3 is 2.44 bits per heavy atom. The largest absolute Gasteiger partial charge is 0.280 e. The van der Waals surface area contributed by atoms with E-state index in [2.05, 4.69) is 29.3 Å². The van der Waals surface area contributed by atoms with Crippen LogP contribution in [0, 0.1) is 5.82 Å². The van der Waals surface area contributed by atoms with E-state index in [1.165, 1.54) is 12.1 Å². The third-order valence-corrected chi connectivity index (χ3v) is 2.60. The van der Waals surface area contributed by atoms with Crippen LogP contribution in [-0.4, -0.2) is 16.8 Å². The Morgan fingerprint density at radius 1 is 1.22 bits per heavy atom. The van der Waals surface area contributed by atoms with E-state index < -0.39 is 5.12 Å². The number of carbonyl (C=O) groups excluding carboxylic acids is 1. The molecule has 1 aromatic carbocycles. The second-order valence-corrected chi connectivity index (χ2v) is 3.94. The minimum atomic E-state index is -0.485. The number of carbonyl (C=O) groups is 1. The first-order valence-electron chi connectivity index (χ1n) is 5.09. The number of halogens is 1. The summed E-state index contributed by atoms with van der Waals surface area (Å²) in [5.74, 6) is -0.325. The molecule has 0 atom stereocenters. The lowest BCUT2D eigenvalue weighted by atomic mass is 10.1. The van der Waals surface area contributed by atoms with Crippen molar-refractivity contribution in [2.45, 2.75) is 0 Å². The van der Waals surface area contributed by atoms with Gasteiger partial charge in [0.15, 0.2) is 0 Å². The van der Waals surface area contributed by atoms with E-state index in [0.29, 0.717) is 16.9 Å². The Morgan fingerprint density at radius 2 is 1.89 bits per heavy atom. The van der Waals surface area contributed by atoms with Crippen molar-refractivity contribution < 1.29 is 9.18 Å². The van der Waals surface area contributed by atoms with Crippen molar-refractivity contribution >= 4 is 30.1 Å². The lowest BCUT2D eigenvalue weighted by molar-refractivity contribution is 0.108. The molecule has 90 valence electrons. The van der Waals surface area contributed by atoms with Gasteiger partial charge < -0.3 is 0 Å². The number of aliphatic imine (C=N–C) groups is 1. The van der Waals surface area contributed by atoms with Gasteiger partial charge in [0.05, 0.1) is 11.4 Å². The normalized spacial score (nSPS) is 10.1. The topological polar surface area (TPSA) is 42.3 Å². The van der Waals surface area contributed by atoms with Gasteiger partial charge in [0.1, 0.15) is 11.5 Å². The molecule has 1 heterocycles. The molecule has 2 aromatic rings. The average Bonchev–Trinajstić information content (AvgIpc) is 2.39. The summed E-state index contributed by atoms with van der Waals surface area (Å²) in [5.41, 5.74) is 1.78. The first-order valence-corrected chi connectivity index (χ1v) is 5.53. The van der Waals surface area contributed by atoms with Crippen LogP contribution < -0.4 is 0 Å². The minimum Gasteiger partial charge on any atom is -0.280 e. The fraction of sp³-hybridized carbons (Fsp3) is 0. The molecule has 0 fully saturated rings. The number of rotatable bonds is 3. The van der Waals surface area contributed by atoms with E-state index in [1.54, 1.807) is 24.3 Å². The highest BCUT2D eigenvalue weighted by atomic mass is 32.1. The van der Waals surface area contributed by atoms with Crippen molar-refractivity contribution in [3.63, 3.8) is 0 Å². The standard InChI is InChI=1S/C13H9FN2OS/c1-15-11-7-6-10(16-12(11)13(17)18)8-2-4-9(14)5-3-8/h2-7H,1H2,(H,17,18). The Bertz CT molecular complexity index is 611. The number of nitrogens with zero attached hydrogens (tertiary/aromatic N) is 2. The van der Waals surface area contributed by atoms with E-state index in [1.807, 2.05) is 0 Å². The number of hydrogen-bond acceptors (Lipinski definition) is 3. The molecule has 0 spiro atoms.